The van der Waals surface area contributed by atoms with Crippen molar-refractivity contribution >= 4 is 10.0 Å². The molecule has 26 heavy (non-hydrogen) atoms. The third-order valence-electron chi connectivity index (χ3n) is 4.52. The van der Waals surface area contributed by atoms with Crippen LogP contribution in [0.15, 0.2) is 40.7 Å². The monoisotopic (exact) mass is 380 g/mol. The summed E-state index contributed by atoms with van der Waals surface area (Å²) in [6.45, 7) is 7.16. The Morgan fingerprint density at radius 1 is 1.15 bits per heavy atom. The van der Waals surface area contributed by atoms with Gasteiger partial charge in [0.25, 0.3) is 15.6 Å². The van der Waals surface area contributed by atoms with Crippen molar-refractivity contribution in [1.82, 2.24) is 28.5 Å². The van der Waals surface area contributed by atoms with Crippen molar-refractivity contribution in [3.05, 3.63) is 41.2 Å². The standard InChI is InChI=1S/C16H24N6O3S/c1-14(2)20-12-15(17-13-20)26(24,25)21-9-6-19(7-10-21)8-11-22-16(23)4-3-5-18-22/h3-5,12-14H,6-11H2,1-2H3. The smallest absolute Gasteiger partial charge is 0.266 e. The molecule has 0 aromatic carbocycles. The first kappa shape index (κ1) is 18.7. The lowest BCUT2D eigenvalue weighted by atomic mass is 10.3. The first-order chi connectivity index (χ1) is 12.4. The molecule has 3 rings (SSSR count). The second-order valence-electron chi connectivity index (χ2n) is 6.58. The number of piperazine rings is 1. The number of rotatable bonds is 6. The van der Waals surface area contributed by atoms with E-state index in [9.17, 15) is 13.2 Å². The van der Waals surface area contributed by atoms with E-state index in [0.717, 1.165) is 0 Å². The summed E-state index contributed by atoms with van der Waals surface area (Å²) in [6, 6.07) is 3.26. The van der Waals surface area contributed by atoms with Gasteiger partial charge in [-0.25, -0.2) is 18.1 Å². The minimum atomic E-state index is -3.56. The highest BCUT2D eigenvalue weighted by Gasteiger charge is 2.30. The van der Waals surface area contributed by atoms with Gasteiger partial charge in [0.05, 0.1) is 12.9 Å². The van der Waals surface area contributed by atoms with Gasteiger partial charge in [-0.1, -0.05) is 0 Å². The van der Waals surface area contributed by atoms with Gasteiger partial charge in [0.1, 0.15) is 0 Å². The van der Waals surface area contributed by atoms with Crippen LogP contribution in [0.4, 0.5) is 0 Å². The van der Waals surface area contributed by atoms with Crippen LogP contribution >= 0.6 is 0 Å². The third kappa shape index (κ3) is 4.02. The number of hydrogen-bond acceptors (Lipinski definition) is 6. The van der Waals surface area contributed by atoms with Crippen LogP contribution in [-0.2, 0) is 16.6 Å². The van der Waals surface area contributed by atoms with Gasteiger partial charge in [-0.2, -0.15) is 9.40 Å². The molecule has 0 N–H and O–H groups in total. The second-order valence-corrected chi connectivity index (χ2v) is 8.47. The van der Waals surface area contributed by atoms with Crippen LogP contribution < -0.4 is 5.56 Å². The fourth-order valence-corrected chi connectivity index (χ4v) is 4.19. The van der Waals surface area contributed by atoms with Gasteiger partial charge in [-0.05, 0) is 19.9 Å². The lowest BCUT2D eigenvalue weighted by molar-refractivity contribution is 0.180. The predicted octanol–water partition coefficient (Wildman–Crippen LogP) is 0.0272. The fraction of sp³-hybridized carbons (Fsp3) is 0.562. The molecule has 9 nitrogen and oxygen atoms in total. The quantitative estimate of drug-likeness (QED) is 0.702. The molecule has 0 atom stereocenters. The predicted molar refractivity (Wildman–Crippen MR) is 96.3 cm³/mol. The van der Waals surface area contributed by atoms with E-state index < -0.39 is 10.0 Å². The average molecular weight is 380 g/mol. The molecule has 10 heteroatoms. The number of sulfonamides is 1. The van der Waals surface area contributed by atoms with Crippen LogP contribution in [0.5, 0.6) is 0 Å². The summed E-state index contributed by atoms with van der Waals surface area (Å²) in [5.41, 5.74) is -0.130. The largest absolute Gasteiger partial charge is 0.334 e. The minimum absolute atomic E-state index is 0.0969. The Hall–Kier alpha value is -2.04. The van der Waals surface area contributed by atoms with Crippen LogP contribution in [0.3, 0.4) is 0 Å². The molecule has 0 unspecified atom stereocenters. The van der Waals surface area contributed by atoms with Crippen molar-refractivity contribution in [1.29, 1.82) is 0 Å². The average Bonchev–Trinajstić information content (AvgIpc) is 3.13. The topological polar surface area (TPSA) is 93.3 Å². The van der Waals surface area contributed by atoms with E-state index in [1.54, 1.807) is 29.4 Å². The fourth-order valence-electron chi connectivity index (χ4n) is 2.85. The molecule has 1 saturated heterocycles. The van der Waals surface area contributed by atoms with E-state index in [-0.39, 0.29) is 16.6 Å². The molecule has 0 saturated carbocycles. The van der Waals surface area contributed by atoms with Crippen molar-refractivity contribution in [3.8, 4) is 0 Å². The minimum Gasteiger partial charge on any atom is -0.334 e. The van der Waals surface area contributed by atoms with Crippen molar-refractivity contribution in [2.45, 2.75) is 31.5 Å². The van der Waals surface area contributed by atoms with E-state index in [4.69, 9.17) is 0 Å². The molecule has 0 spiro atoms. The molecule has 2 aromatic rings. The summed E-state index contributed by atoms with van der Waals surface area (Å²) in [5.74, 6) is 0. The zero-order valence-corrected chi connectivity index (χ0v) is 15.8. The zero-order valence-electron chi connectivity index (χ0n) is 15.0. The highest BCUT2D eigenvalue weighted by atomic mass is 32.2. The molecule has 3 heterocycles. The summed E-state index contributed by atoms with van der Waals surface area (Å²) >= 11 is 0. The van der Waals surface area contributed by atoms with Crippen LogP contribution in [0.1, 0.15) is 19.9 Å². The van der Waals surface area contributed by atoms with Crippen molar-refractivity contribution in [2.24, 2.45) is 0 Å². The van der Waals surface area contributed by atoms with E-state index in [2.05, 4.69) is 15.0 Å². The number of aromatic nitrogens is 4. The molecule has 2 aromatic heterocycles. The molecule has 0 bridgehead atoms. The third-order valence-corrected chi connectivity index (χ3v) is 6.31. The Morgan fingerprint density at radius 3 is 2.50 bits per heavy atom. The van der Waals surface area contributed by atoms with Gasteiger partial charge >= 0.3 is 0 Å². The molecule has 142 valence electrons. The van der Waals surface area contributed by atoms with E-state index in [1.807, 2.05) is 13.8 Å². The molecule has 0 aliphatic carbocycles. The molecule has 0 amide bonds. The van der Waals surface area contributed by atoms with Gasteiger partial charge in [0.15, 0.2) is 5.03 Å². The van der Waals surface area contributed by atoms with E-state index >= 15 is 0 Å². The van der Waals surface area contributed by atoms with Crippen molar-refractivity contribution < 1.29 is 8.42 Å². The van der Waals surface area contributed by atoms with Gasteiger partial charge < -0.3 is 4.57 Å². The maximum Gasteiger partial charge on any atom is 0.266 e. The Balaban J connectivity index is 1.57. The van der Waals surface area contributed by atoms with Crippen LogP contribution in [0.25, 0.3) is 0 Å². The van der Waals surface area contributed by atoms with Gasteiger partial charge in [0.2, 0.25) is 0 Å². The number of imidazole rings is 1. The SMILES string of the molecule is CC(C)n1cnc(S(=O)(=O)N2CCN(CCn3ncccc3=O)CC2)c1. The van der Waals surface area contributed by atoms with Crippen molar-refractivity contribution in [3.63, 3.8) is 0 Å². The van der Waals surface area contributed by atoms with Gasteiger partial charge in [-0.3, -0.25) is 9.69 Å². The molecule has 1 aliphatic rings. The number of hydrogen-bond donors (Lipinski definition) is 0. The Labute approximate surface area is 152 Å². The maximum atomic E-state index is 12.7. The first-order valence-corrected chi connectivity index (χ1v) is 10.1. The highest BCUT2D eigenvalue weighted by Crippen LogP contribution is 2.17. The summed E-state index contributed by atoms with van der Waals surface area (Å²) < 4.78 is 30.1. The van der Waals surface area contributed by atoms with Gasteiger partial charge in [0, 0.05) is 57.2 Å². The zero-order chi connectivity index (χ0) is 18.7. The number of nitrogens with zero attached hydrogens (tertiary/aromatic N) is 6. The lowest BCUT2D eigenvalue weighted by Crippen LogP contribution is -2.49. The highest BCUT2D eigenvalue weighted by molar-refractivity contribution is 7.89. The van der Waals surface area contributed by atoms with Crippen molar-refractivity contribution in [2.75, 3.05) is 32.7 Å². The Bertz CT molecular complexity index is 896. The molecule has 1 aliphatic heterocycles. The van der Waals surface area contributed by atoms with Crippen LogP contribution in [-0.4, -0.2) is 69.7 Å². The second kappa shape index (κ2) is 7.68. The van der Waals surface area contributed by atoms with Crippen LogP contribution in [0, 0.1) is 0 Å². The summed E-state index contributed by atoms with van der Waals surface area (Å²) in [7, 11) is -3.56. The first-order valence-electron chi connectivity index (χ1n) is 8.66. The van der Waals surface area contributed by atoms with Gasteiger partial charge in [-0.15, -0.1) is 0 Å². The van der Waals surface area contributed by atoms with E-state index in [0.29, 0.717) is 39.3 Å². The molecule has 0 radical (unpaired) electrons. The summed E-state index contributed by atoms with van der Waals surface area (Å²) in [4.78, 5) is 17.9. The summed E-state index contributed by atoms with van der Waals surface area (Å²) in [5, 5.41) is 4.13. The molecule has 1 fully saturated rings. The molecular weight excluding hydrogens is 356 g/mol. The molecular formula is C16H24N6O3S. The summed E-state index contributed by atoms with van der Waals surface area (Å²) in [6.07, 6.45) is 4.72. The van der Waals surface area contributed by atoms with E-state index in [1.165, 1.54) is 15.1 Å². The van der Waals surface area contributed by atoms with Crippen LogP contribution in [0.2, 0.25) is 0 Å². The Kier molecular flexibility index (Phi) is 5.54. The normalized spacial score (nSPS) is 17.0. The Morgan fingerprint density at radius 2 is 1.88 bits per heavy atom. The lowest BCUT2D eigenvalue weighted by Gasteiger charge is -2.33. The maximum absolute atomic E-state index is 12.7.